The van der Waals surface area contributed by atoms with Crippen LogP contribution in [0.1, 0.15) is 13.3 Å². The van der Waals surface area contributed by atoms with Crippen molar-refractivity contribution in [3.8, 4) is 0 Å². The zero-order chi connectivity index (χ0) is 11.5. The van der Waals surface area contributed by atoms with Crippen LogP contribution in [0.15, 0.2) is 0 Å². The van der Waals surface area contributed by atoms with Gasteiger partial charge in [0.1, 0.15) is 0 Å². The summed E-state index contributed by atoms with van der Waals surface area (Å²) in [7, 11) is -2.45. The Bertz CT molecular complexity index is 322. The van der Waals surface area contributed by atoms with E-state index in [9.17, 15) is 13.2 Å². The summed E-state index contributed by atoms with van der Waals surface area (Å²) in [5.74, 6) is -0.742. The molecule has 0 amide bonds. The Labute approximate surface area is 89.4 Å². The lowest BCUT2D eigenvalue weighted by Gasteiger charge is -2.15. The number of hydrogen-bond donors (Lipinski definition) is 2. The number of rotatable bonds is 4. The van der Waals surface area contributed by atoms with Gasteiger partial charge in [0, 0.05) is 12.6 Å². The fourth-order valence-electron chi connectivity index (χ4n) is 1.38. The van der Waals surface area contributed by atoms with Gasteiger partial charge >= 0.3 is 5.97 Å². The van der Waals surface area contributed by atoms with Gasteiger partial charge in [0.05, 0.1) is 7.11 Å². The highest BCUT2D eigenvalue weighted by Crippen LogP contribution is 2.05. The molecule has 0 radical (unpaired) electrons. The minimum Gasteiger partial charge on any atom is -0.468 e. The van der Waals surface area contributed by atoms with E-state index in [2.05, 4.69) is 14.8 Å². The molecule has 1 unspecified atom stereocenters. The summed E-state index contributed by atoms with van der Waals surface area (Å²) in [5.41, 5.74) is 0. The third-order valence-electron chi connectivity index (χ3n) is 2.39. The van der Waals surface area contributed by atoms with Crippen molar-refractivity contribution in [1.29, 1.82) is 0 Å². The maximum atomic E-state index is 11.6. The molecule has 0 bridgehead atoms. The number of methoxy groups -OCH3 is 1. The van der Waals surface area contributed by atoms with Gasteiger partial charge < -0.3 is 10.1 Å². The van der Waals surface area contributed by atoms with Crippen molar-refractivity contribution in [3.05, 3.63) is 0 Å². The third kappa shape index (κ3) is 3.15. The zero-order valence-electron chi connectivity index (χ0n) is 8.82. The number of nitrogens with one attached hydrogen (secondary N) is 2. The first-order chi connectivity index (χ1) is 6.97. The molecule has 0 aromatic carbocycles. The molecule has 1 fully saturated rings. The Kier molecular flexibility index (Phi) is 4.06. The number of sulfonamides is 1. The molecule has 0 spiro atoms. The molecule has 1 heterocycles. The highest BCUT2D eigenvalue weighted by Gasteiger charge is 2.31. The van der Waals surface area contributed by atoms with E-state index >= 15 is 0 Å². The summed E-state index contributed by atoms with van der Waals surface area (Å²) in [4.78, 5) is 11.1. The maximum absolute atomic E-state index is 11.6. The summed E-state index contributed by atoms with van der Waals surface area (Å²) < 4.78 is 30.2. The van der Waals surface area contributed by atoms with Crippen LogP contribution < -0.4 is 10.0 Å². The van der Waals surface area contributed by atoms with Crippen molar-refractivity contribution in [2.75, 3.05) is 20.2 Å². The Morgan fingerprint density at radius 1 is 1.60 bits per heavy atom. The molecule has 88 valence electrons. The molecule has 2 atom stereocenters. The molecule has 0 aromatic rings. The molecule has 0 aliphatic carbocycles. The van der Waals surface area contributed by atoms with E-state index in [1.54, 1.807) is 0 Å². The van der Waals surface area contributed by atoms with Crippen molar-refractivity contribution in [2.45, 2.75) is 24.6 Å². The largest absolute Gasteiger partial charge is 0.468 e. The summed E-state index contributed by atoms with van der Waals surface area (Å²) in [6.07, 6.45) is 0.743. The van der Waals surface area contributed by atoms with Crippen LogP contribution in [0.3, 0.4) is 0 Å². The van der Waals surface area contributed by atoms with Crippen LogP contribution >= 0.6 is 0 Å². The van der Waals surface area contributed by atoms with Gasteiger partial charge in [-0.1, -0.05) is 0 Å². The van der Waals surface area contributed by atoms with Gasteiger partial charge in [0.15, 0.2) is 5.25 Å². The monoisotopic (exact) mass is 236 g/mol. The fraction of sp³-hybridized carbons (Fsp3) is 0.875. The first-order valence-electron chi connectivity index (χ1n) is 4.77. The van der Waals surface area contributed by atoms with E-state index in [0.717, 1.165) is 13.0 Å². The average Bonchev–Trinajstić information content (AvgIpc) is 2.67. The number of hydrogen-bond acceptors (Lipinski definition) is 5. The van der Waals surface area contributed by atoms with E-state index in [0.29, 0.717) is 6.54 Å². The summed E-state index contributed by atoms with van der Waals surface area (Å²) in [6.45, 7) is 2.71. The Hall–Kier alpha value is -0.660. The molecular weight excluding hydrogens is 220 g/mol. The zero-order valence-corrected chi connectivity index (χ0v) is 9.63. The van der Waals surface area contributed by atoms with Gasteiger partial charge in [-0.25, -0.2) is 13.1 Å². The minimum atomic E-state index is -3.62. The van der Waals surface area contributed by atoms with Crippen molar-refractivity contribution < 1.29 is 17.9 Å². The van der Waals surface area contributed by atoms with E-state index in [1.807, 2.05) is 0 Å². The first kappa shape index (κ1) is 12.4. The second kappa shape index (κ2) is 4.91. The molecule has 1 saturated heterocycles. The van der Waals surface area contributed by atoms with E-state index in [-0.39, 0.29) is 6.04 Å². The topological polar surface area (TPSA) is 84.5 Å². The van der Waals surface area contributed by atoms with Gasteiger partial charge in [-0.3, -0.25) is 4.79 Å². The van der Waals surface area contributed by atoms with Crippen molar-refractivity contribution in [2.24, 2.45) is 0 Å². The number of carbonyl (C=O) groups excluding carboxylic acids is 1. The van der Waals surface area contributed by atoms with Crippen molar-refractivity contribution >= 4 is 16.0 Å². The second-order valence-corrected chi connectivity index (χ2v) is 5.55. The molecule has 1 rings (SSSR count). The molecule has 0 aromatic heterocycles. The van der Waals surface area contributed by atoms with Crippen molar-refractivity contribution in [1.82, 2.24) is 10.0 Å². The molecule has 7 heteroatoms. The lowest BCUT2D eigenvalue weighted by Crippen LogP contribution is -2.44. The Morgan fingerprint density at radius 2 is 2.27 bits per heavy atom. The van der Waals surface area contributed by atoms with Gasteiger partial charge in [-0.05, 0) is 19.9 Å². The molecule has 6 nitrogen and oxygen atoms in total. The number of esters is 1. The highest BCUT2D eigenvalue weighted by atomic mass is 32.2. The fourth-order valence-corrected chi connectivity index (χ4v) is 2.60. The SMILES string of the molecule is COC(=O)C(C)S(=O)(=O)N[C@H]1CCNC1. The van der Waals surface area contributed by atoms with Crippen LogP contribution in [0, 0.1) is 0 Å². The highest BCUT2D eigenvalue weighted by molar-refractivity contribution is 7.90. The van der Waals surface area contributed by atoms with Gasteiger partial charge in [0.25, 0.3) is 0 Å². The normalized spacial score (nSPS) is 23.7. The van der Waals surface area contributed by atoms with Crippen LogP contribution in [-0.4, -0.2) is 45.9 Å². The van der Waals surface area contributed by atoms with Crippen LogP contribution in [0.5, 0.6) is 0 Å². The Balaban J connectivity index is 2.61. The third-order valence-corrected chi connectivity index (χ3v) is 4.18. The molecular formula is C8H16N2O4S. The van der Waals surface area contributed by atoms with Crippen molar-refractivity contribution in [3.63, 3.8) is 0 Å². The molecule has 1 aliphatic rings. The van der Waals surface area contributed by atoms with Gasteiger partial charge in [0.2, 0.25) is 10.0 Å². The summed E-state index contributed by atoms with van der Waals surface area (Å²) >= 11 is 0. The minimum absolute atomic E-state index is 0.123. The van der Waals surface area contributed by atoms with Crippen LogP contribution in [0.25, 0.3) is 0 Å². The molecule has 15 heavy (non-hydrogen) atoms. The number of ether oxygens (including phenoxy) is 1. The smallest absolute Gasteiger partial charge is 0.325 e. The molecule has 1 aliphatic heterocycles. The molecule has 2 N–H and O–H groups in total. The Morgan fingerprint density at radius 3 is 2.73 bits per heavy atom. The maximum Gasteiger partial charge on any atom is 0.325 e. The average molecular weight is 236 g/mol. The van der Waals surface area contributed by atoms with Gasteiger partial charge in [-0.2, -0.15) is 0 Å². The van der Waals surface area contributed by atoms with E-state index in [4.69, 9.17) is 0 Å². The summed E-state index contributed by atoms with van der Waals surface area (Å²) in [6, 6.07) is -0.123. The van der Waals surface area contributed by atoms with Crippen LogP contribution in [-0.2, 0) is 19.6 Å². The lowest BCUT2D eigenvalue weighted by atomic mass is 10.3. The standard InChI is InChI=1S/C8H16N2O4S/c1-6(8(11)14-2)15(12,13)10-7-3-4-9-5-7/h6-7,9-10H,3-5H2,1-2H3/t6?,7-/m0/s1. The van der Waals surface area contributed by atoms with Crippen LogP contribution in [0.4, 0.5) is 0 Å². The predicted octanol–water partition coefficient (Wildman–Crippen LogP) is -1.17. The van der Waals surface area contributed by atoms with E-state index in [1.165, 1.54) is 14.0 Å². The predicted molar refractivity (Wildman–Crippen MR) is 54.8 cm³/mol. The van der Waals surface area contributed by atoms with E-state index < -0.39 is 21.2 Å². The van der Waals surface area contributed by atoms with Crippen LogP contribution in [0.2, 0.25) is 0 Å². The van der Waals surface area contributed by atoms with Gasteiger partial charge in [-0.15, -0.1) is 0 Å². The molecule has 0 saturated carbocycles. The second-order valence-electron chi connectivity index (χ2n) is 3.52. The number of carbonyl (C=O) groups is 1. The lowest BCUT2D eigenvalue weighted by molar-refractivity contribution is -0.139. The summed E-state index contributed by atoms with van der Waals surface area (Å²) in [5, 5.41) is 1.87. The first-order valence-corrected chi connectivity index (χ1v) is 6.31. The quantitative estimate of drug-likeness (QED) is 0.601.